The number of ether oxygens (including phenoxy) is 16. The van der Waals surface area contributed by atoms with E-state index in [1.807, 2.05) is 0 Å². The molecule has 8 aliphatic heterocycles. The number of aliphatic hydroxyl groups excluding tert-OH is 33. The maximum absolute atomic E-state index is 12.1. The van der Waals surface area contributed by atoms with Crippen molar-refractivity contribution >= 4 is 0 Å². The minimum atomic E-state index is -2.66. The molecule has 0 aromatic rings. The second kappa shape index (κ2) is 40.9. The van der Waals surface area contributed by atoms with E-state index in [1.165, 1.54) is 0 Å². The molecule has 48 atom stereocenters. The van der Waals surface area contributed by atoms with Crippen molar-refractivity contribution in [3.05, 3.63) is 0 Å². The van der Waals surface area contributed by atoms with Crippen molar-refractivity contribution in [2.45, 2.75) is 301 Å². The first-order valence-electron chi connectivity index (χ1n) is 34.6. The average molecular weight is 1610 g/mol. The van der Waals surface area contributed by atoms with Gasteiger partial charge in [-0.2, -0.15) is 0 Å². The molecule has 8 rings (SSSR count). The van der Waals surface area contributed by atoms with E-state index < -0.39 is 347 Å². The van der Waals surface area contributed by atoms with Gasteiger partial charge >= 0.3 is 0 Å². The fourth-order valence-electron chi connectivity index (χ4n) is 13.6. The first-order chi connectivity index (χ1) is 51.6. The quantitative estimate of drug-likeness (QED) is 0.0266. The van der Waals surface area contributed by atoms with E-state index in [-0.39, 0.29) is 19.6 Å². The monoisotopic (exact) mass is 1610 g/mol. The highest BCUT2D eigenvalue weighted by Gasteiger charge is 2.62. The van der Waals surface area contributed by atoms with Gasteiger partial charge in [0.05, 0.1) is 59.5 Å². The molecule has 0 bridgehead atoms. The molecule has 109 heavy (non-hydrogen) atoms. The molecule has 8 heterocycles. The molecule has 0 radical (unpaired) electrons. The van der Waals surface area contributed by atoms with Gasteiger partial charge in [-0.3, -0.25) is 0 Å². The predicted octanol–water partition coefficient (Wildman–Crippen LogP) is -23.2. The van der Waals surface area contributed by atoms with Crippen molar-refractivity contribution in [3.63, 3.8) is 0 Å². The van der Waals surface area contributed by atoms with E-state index in [4.69, 9.17) is 81.5 Å². The van der Waals surface area contributed by atoms with Gasteiger partial charge in [0.15, 0.2) is 50.3 Å². The van der Waals surface area contributed by atoms with Crippen LogP contribution in [0.3, 0.4) is 0 Å². The third-order valence-electron chi connectivity index (χ3n) is 19.9. The summed E-state index contributed by atoms with van der Waals surface area (Å²) in [5, 5.41) is 361. The fourth-order valence-corrected chi connectivity index (χ4v) is 13.6. The summed E-state index contributed by atoms with van der Waals surface area (Å²) in [6.45, 7) is -10.1. The average Bonchev–Trinajstić information content (AvgIpc) is 0.770. The van der Waals surface area contributed by atoms with Crippen LogP contribution >= 0.6 is 0 Å². The predicted molar refractivity (Wildman–Crippen MR) is 330 cm³/mol. The Hall–Kier alpha value is -2.00. The van der Waals surface area contributed by atoms with Crippen LogP contribution in [0, 0.1) is 0 Å². The van der Waals surface area contributed by atoms with Gasteiger partial charge in [-0.1, -0.05) is 0 Å². The molecular formula is C59H105NO49. The van der Waals surface area contributed by atoms with Crippen LogP contribution in [-0.4, -0.2) is 529 Å². The Balaban J connectivity index is 1.04. The first kappa shape index (κ1) is 92.5. The van der Waals surface area contributed by atoms with Crippen molar-refractivity contribution in [1.82, 2.24) is 0 Å². The summed E-state index contributed by atoms with van der Waals surface area (Å²) in [5.74, 6) is 0. The Kier molecular flexibility index (Phi) is 34.7. The highest BCUT2D eigenvalue weighted by molar-refractivity contribution is 5.05. The van der Waals surface area contributed by atoms with Gasteiger partial charge in [0.1, 0.15) is 244 Å². The minimum Gasteiger partial charge on any atom is -0.394 e. The number of hydrogen-bond donors (Lipinski definition) is 34. The van der Waals surface area contributed by atoms with E-state index in [1.54, 1.807) is 0 Å². The van der Waals surface area contributed by atoms with Gasteiger partial charge in [0, 0.05) is 0 Å². The number of aliphatic hydroxyl groups is 33. The largest absolute Gasteiger partial charge is 0.394 e. The van der Waals surface area contributed by atoms with Crippen molar-refractivity contribution in [2.24, 2.45) is 5.73 Å². The zero-order valence-electron chi connectivity index (χ0n) is 57.4. The Morgan fingerprint density at radius 1 is 0.229 bits per heavy atom. The van der Waals surface area contributed by atoms with E-state index in [0.717, 1.165) is 0 Å². The SMILES string of the molecule is NCCCO[C@H]1OC([C@H](O)CO)[C@@H](O)[C@H](O)C1O[C@H]1OC([C@H](O)CO)[C@@H](O)[C@H](O)C1O[C@H]1OC([C@@H](CO)O[C@H]2OC([C@H](O)CO)[C@@H](O)[C@H](O[C@H]3O[C@@H]([C@H](O)CO)[C@@H](O)C(O[C@H]4OC([C@H](O)CO)[C@@H](O)[C@H](O[C@H]5O[C@@H]([C@H](O)CO)[C@@H](O)C(O[C@H]6OC([C@H](O)CO)[C@@H](O)[C@H](O)C6O)C5O)C4O)C3O)C2O)[C@@H](O)[C@H](O)C1O. The molecule has 0 aromatic carbocycles. The highest BCUT2D eigenvalue weighted by Crippen LogP contribution is 2.41. The van der Waals surface area contributed by atoms with Gasteiger partial charge in [-0.25, -0.2) is 0 Å². The first-order valence-corrected chi connectivity index (χ1v) is 34.6. The number of hydrogen-bond acceptors (Lipinski definition) is 50. The van der Waals surface area contributed by atoms with Crippen molar-refractivity contribution in [2.75, 3.05) is 66.0 Å². The molecule has 0 aliphatic carbocycles. The molecule has 640 valence electrons. The van der Waals surface area contributed by atoms with E-state index in [2.05, 4.69) is 0 Å². The lowest BCUT2D eigenvalue weighted by Crippen LogP contribution is -2.70. The maximum atomic E-state index is 12.1. The molecular weight excluding hydrogens is 1510 g/mol. The summed E-state index contributed by atoms with van der Waals surface area (Å²) in [4.78, 5) is 0. The Morgan fingerprint density at radius 2 is 0.459 bits per heavy atom. The normalized spacial score (nSPS) is 48.4. The van der Waals surface area contributed by atoms with Gasteiger partial charge < -0.3 is 250 Å². The van der Waals surface area contributed by atoms with Crippen molar-refractivity contribution in [3.8, 4) is 0 Å². The summed E-state index contributed by atoms with van der Waals surface area (Å²) in [5.41, 5.74) is 5.60. The summed E-state index contributed by atoms with van der Waals surface area (Å²) in [6, 6.07) is 0. The van der Waals surface area contributed by atoms with Crippen LogP contribution in [0.5, 0.6) is 0 Å². The molecule has 0 aromatic heterocycles. The molecule has 0 saturated carbocycles. The number of rotatable bonds is 34. The molecule has 8 aliphatic rings. The smallest absolute Gasteiger partial charge is 0.187 e. The minimum absolute atomic E-state index is 0.0244. The Bertz CT molecular complexity index is 2650. The molecule has 8 saturated heterocycles. The Labute approximate surface area is 615 Å². The lowest BCUT2D eigenvalue weighted by Gasteiger charge is -2.51. The Morgan fingerprint density at radius 3 is 0.771 bits per heavy atom. The van der Waals surface area contributed by atoms with Crippen LogP contribution in [0.2, 0.25) is 0 Å². The summed E-state index contributed by atoms with van der Waals surface area (Å²) in [7, 11) is 0. The molecule has 16 unspecified atom stereocenters. The lowest BCUT2D eigenvalue weighted by molar-refractivity contribution is -0.407. The van der Waals surface area contributed by atoms with Crippen LogP contribution < -0.4 is 5.73 Å². The van der Waals surface area contributed by atoms with Crippen LogP contribution in [0.1, 0.15) is 6.42 Å². The maximum Gasteiger partial charge on any atom is 0.187 e. The van der Waals surface area contributed by atoms with Gasteiger partial charge in [0.25, 0.3) is 0 Å². The summed E-state index contributed by atoms with van der Waals surface area (Å²) < 4.78 is 91.5. The molecule has 50 nitrogen and oxygen atoms in total. The van der Waals surface area contributed by atoms with Crippen LogP contribution in [-0.2, 0) is 75.8 Å². The fraction of sp³-hybridized carbons (Fsp3) is 1.00. The van der Waals surface area contributed by atoms with Crippen LogP contribution in [0.15, 0.2) is 0 Å². The third-order valence-corrected chi connectivity index (χ3v) is 19.9. The lowest BCUT2D eigenvalue weighted by atomic mass is 9.92. The highest BCUT2D eigenvalue weighted by atomic mass is 16.8. The van der Waals surface area contributed by atoms with Gasteiger partial charge in [0.2, 0.25) is 0 Å². The molecule has 50 heteroatoms. The van der Waals surface area contributed by atoms with Crippen LogP contribution in [0.4, 0.5) is 0 Å². The summed E-state index contributed by atoms with van der Waals surface area (Å²) in [6.07, 6.45) is -110. The topological polar surface area (TPSA) is 841 Å². The van der Waals surface area contributed by atoms with Gasteiger partial charge in [-0.15, -0.1) is 0 Å². The van der Waals surface area contributed by atoms with Crippen molar-refractivity contribution < 1.29 is 244 Å². The zero-order valence-corrected chi connectivity index (χ0v) is 57.4. The van der Waals surface area contributed by atoms with Crippen LogP contribution in [0.25, 0.3) is 0 Å². The zero-order chi connectivity index (χ0) is 80.8. The van der Waals surface area contributed by atoms with E-state index >= 15 is 0 Å². The standard InChI is InChI=1S/C59H105NO49/c60-2-1-3-94-58-50(26(82)24(80)39(101-58)13(70)5-62)109-59-51(27(83)25(81)40(102-59)14(71)6-63)108-53-29(85)21(77)23(79)45(103-53)19(11-68)95-54-34(90)46(30(86)41(97-54)15(72)7-64)105-56-36(92)48(32(88)43(99-56)17(74)9-66)107-57-37(93)49(33(89)44(100-57)18(75)10-67)106-55-35(91)47(31(87)42(98-55)16(73)8-65)104-52-28(84)20(76)22(78)38(96-52)12(69)4-61/h12-59,61-93H,1-11,60H2/t12-,13-,14-,15-,16-,17-,18-,19-,20+,21+,22+,23+,24+,25+,26+,27+,28?,29?,30-,31-,32-,33-,34?,35?,36?,37?,38?,39?,40?,41?,42+,43+,44?,45?,46+,47?,48?,49+,50?,51?,52-,53-,54+,55-,56-,57-,58+,59-/m1/s1. The molecule has 0 amide bonds. The molecule has 8 fully saturated rings. The second-order valence-electron chi connectivity index (χ2n) is 27.3. The molecule has 35 N–H and O–H groups in total. The molecule has 0 spiro atoms. The van der Waals surface area contributed by atoms with Crippen molar-refractivity contribution in [1.29, 1.82) is 0 Å². The summed E-state index contributed by atoms with van der Waals surface area (Å²) >= 11 is 0. The van der Waals surface area contributed by atoms with E-state index in [0.29, 0.717) is 0 Å². The second-order valence-corrected chi connectivity index (χ2v) is 27.3. The third kappa shape index (κ3) is 20.1. The number of nitrogens with two attached hydrogens (primary N) is 1. The van der Waals surface area contributed by atoms with Gasteiger partial charge in [-0.05, 0) is 13.0 Å². The van der Waals surface area contributed by atoms with E-state index in [9.17, 15) is 169 Å².